The monoisotopic (exact) mass is 215 g/mol. The van der Waals surface area contributed by atoms with E-state index in [0.717, 1.165) is 4.80 Å². The number of nitrogens with zero attached hydrogens (tertiary/aromatic N) is 2. The van der Waals surface area contributed by atoms with Gasteiger partial charge in [-0.2, -0.15) is 4.99 Å². The molecule has 0 spiro atoms. The van der Waals surface area contributed by atoms with E-state index in [0.29, 0.717) is 5.11 Å². The Kier molecular flexibility index (Phi) is 3.22. The molecule has 1 rings (SSSR count). The number of nitrogens with one attached hydrogen (secondary N) is 1. The minimum Gasteiger partial charge on any atom is -0.364 e. The van der Waals surface area contributed by atoms with Crippen molar-refractivity contribution in [2.24, 2.45) is 12.0 Å². The van der Waals surface area contributed by atoms with Gasteiger partial charge in [-0.3, -0.25) is 0 Å². The van der Waals surface area contributed by atoms with E-state index in [1.165, 1.54) is 10.6 Å². The summed E-state index contributed by atoms with van der Waals surface area (Å²) in [6, 6.07) is 0. The van der Waals surface area contributed by atoms with Crippen molar-refractivity contribution in [3.05, 3.63) is 15.4 Å². The molecule has 1 aromatic rings. The first-order chi connectivity index (χ1) is 6.06. The number of hydrogen-bond acceptors (Lipinski definition) is 2. The Morgan fingerprint density at radius 2 is 2.15 bits per heavy atom. The van der Waals surface area contributed by atoms with Crippen molar-refractivity contribution in [3.8, 4) is 0 Å². The summed E-state index contributed by atoms with van der Waals surface area (Å²) in [6.07, 6.45) is 0. The fraction of sp³-hybridized carbons (Fsp3) is 0.500. The molecule has 0 amide bonds. The number of thiazole rings is 1. The average Bonchev–Trinajstić information content (AvgIpc) is 2.34. The molecular weight excluding hydrogens is 202 g/mol. The summed E-state index contributed by atoms with van der Waals surface area (Å²) < 4.78 is 2.05. The summed E-state index contributed by atoms with van der Waals surface area (Å²) in [6.45, 7) is 4.16. The number of aryl methyl sites for hydroxylation is 1. The molecule has 0 aromatic carbocycles. The van der Waals surface area contributed by atoms with Crippen molar-refractivity contribution in [2.75, 3.05) is 7.05 Å². The van der Waals surface area contributed by atoms with Gasteiger partial charge in [-0.25, -0.2) is 0 Å². The molecular formula is C8H13N3S2. The van der Waals surface area contributed by atoms with Gasteiger partial charge in [0.1, 0.15) is 0 Å². The third kappa shape index (κ3) is 2.16. The summed E-state index contributed by atoms with van der Waals surface area (Å²) in [4.78, 5) is 6.48. The molecule has 0 bridgehead atoms. The zero-order chi connectivity index (χ0) is 10.0. The van der Waals surface area contributed by atoms with Crippen molar-refractivity contribution >= 4 is 28.7 Å². The minimum absolute atomic E-state index is 0.525. The van der Waals surface area contributed by atoms with Crippen molar-refractivity contribution in [3.63, 3.8) is 0 Å². The van der Waals surface area contributed by atoms with E-state index >= 15 is 0 Å². The van der Waals surface area contributed by atoms with Crippen LogP contribution in [-0.4, -0.2) is 16.7 Å². The van der Waals surface area contributed by atoms with Crippen LogP contribution >= 0.6 is 23.6 Å². The van der Waals surface area contributed by atoms with Gasteiger partial charge < -0.3 is 9.88 Å². The topological polar surface area (TPSA) is 29.3 Å². The highest BCUT2D eigenvalue weighted by atomic mass is 32.1. The average molecular weight is 215 g/mol. The highest BCUT2D eigenvalue weighted by molar-refractivity contribution is 7.80. The van der Waals surface area contributed by atoms with Crippen LogP contribution in [0.5, 0.6) is 0 Å². The quantitative estimate of drug-likeness (QED) is 0.657. The molecule has 1 heterocycles. The predicted octanol–water partition coefficient (Wildman–Crippen LogP) is 1.11. The zero-order valence-corrected chi connectivity index (χ0v) is 9.84. The Morgan fingerprint density at radius 1 is 1.54 bits per heavy atom. The maximum absolute atomic E-state index is 4.96. The maximum atomic E-state index is 4.96. The molecule has 0 aliphatic rings. The van der Waals surface area contributed by atoms with Crippen LogP contribution in [0, 0.1) is 13.8 Å². The van der Waals surface area contributed by atoms with E-state index in [1.807, 2.05) is 11.6 Å². The van der Waals surface area contributed by atoms with Gasteiger partial charge in [0, 0.05) is 24.7 Å². The Morgan fingerprint density at radius 3 is 2.54 bits per heavy atom. The highest BCUT2D eigenvalue weighted by Crippen LogP contribution is 2.07. The molecule has 0 fully saturated rings. The maximum Gasteiger partial charge on any atom is 0.195 e. The van der Waals surface area contributed by atoms with Crippen LogP contribution in [0.2, 0.25) is 0 Å². The van der Waals surface area contributed by atoms with E-state index in [-0.39, 0.29) is 0 Å². The lowest BCUT2D eigenvalue weighted by molar-refractivity contribution is 0.831. The van der Waals surface area contributed by atoms with Crippen molar-refractivity contribution in [2.45, 2.75) is 13.8 Å². The van der Waals surface area contributed by atoms with Crippen LogP contribution in [0.15, 0.2) is 4.99 Å². The van der Waals surface area contributed by atoms with Crippen LogP contribution in [0.25, 0.3) is 0 Å². The van der Waals surface area contributed by atoms with Gasteiger partial charge in [0.15, 0.2) is 9.91 Å². The normalized spacial score (nSPS) is 11.8. The number of aromatic nitrogens is 1. The van der Waals surface area contributed by atoms with Gasteiger partial charge in [-0.1, -0.05) is 0 Å². The van der Waals surface area contributed by atoms with E-state index < -0.39 is 0 Å². The zero-order valence-electron chi connectivity index (χ0n) is 8.21. The number of hydrogen-bond donors (Lipinski definition) is 1. The lowest BCUT2D eigenvalue weighted by atomic mass is 10.4. The molecule has 0 unspecified atom stereocenters. The van der Waals surface area contributed by atoms with Crippen molar-refractivity contribution < 1.29 is 0 Å². The molecule has 13 heavy (non-hydrogen) atoms. The Bertz CT molecular complexity index is 387. The molecule has 0 saturated heterocycles. The third-order valence-corrected chi connectivity index (χ3v) is 3.40. The molecule has 5 heteroatoms. The fourth-order valence-electron chi connectivity index (χ4n) is 0.899. The van der Waals surface area contributed by atoms with Crippen LogP contribution in [-0.2, 0) is 7.05 Å². The highest BCUT2D eigenvalue weighted by Gasteiger charge is 2.01. The molecule has 0 aliphatic carbocycles. The van der Waals surface area contributed by atoms with Gasteiger partial charge in [0.2, 0.25) is 0 Å². The molecule has 3 nitrogen and oxygen atoms in total. The smallest absolute Gasteiger partial charge is 0.195 e. The van der Waals surface area contributed by atoms with Gasteiger partial charge in [0.25, 0.3) is 0 Å². The fourth-order valence-corrected chi connectivity index (χ4v) is 2.01. The van der Waals surface area contributed by atoms with Gasteiger partial charge in [0.05, 0.1) is 0 Å². The second-order valence-electron chi connectivity index (χ2n) is 2.75. The van der Waals surface area contributed by atoms with Crippen LogP contribution in [0.3, 0.4) is 0 Å². The van der Waals surface area contributed by atoms with Gasteiger partial charge >= 0.3 is 0 Å². The Balaban J connectivity index is 3.23. The van der Waals surface area contributed by atoms with E-state index in [4.69, 9.17) is 12.2 Å². The largest absolute Gasteiger partial charge is 0.364 e. The van der Waals surface area contributed by atoms with Crippen LogP contribution in [0.4, 0.5) is 0 Å². The summed E-state index contributed by atoms with van der Waals surface area (Å²) in [5.41, 5.74) is 1.24. The molecule has 1 N–H and O–H groups in total. The first kappa shape index (κ1) is 10.4. The molecule has 0 aliphatic heterocycles. The summed E-state index contributed by atoms with van der Waals surface area (Å²) in [5, 5.41) is 3.35. The molecule has 0 radical (unpaired) electrons. The van der Waals surface area contributed by atoms with Crippen molar-refractivity contribution in [1.29, 1.82) is 0 Å². The number of rotatable bonds is 0. The standard InChI is InChI=1S/C8H13N3S2/c1-5-6(2)13-8(11(5)4)10-7(12)9-3/h1-4H3,(H,9,12)/b10-8+. The third-order valence-electron chi connectivity index (χ3n) is 1.95. The van der Waals surface area contributed by atoms with E-state index in [9.17, 15) is 0 Å². The summed E-state index contributed by atoms with van der Waals surface area (Å²) in [7, 11) is 3.77. The number of thiocarbonyl (C=S) groups is 1. The van der Waals surface area contributed by atoms with Gasteiger partial charge in [-0.05, 0) is 26.1 Å². The molecule has 72 valence electrons. The summed E-state index contributed by atoms with van der Waals surface area (Å²) >= 11 is 6.62. The second kappa shape index (κ2) is 4.02. The lowest BCUT2D eigenvalue weighted by Crippen LogP contribution is -2.20. The molecule has 1 aromatic heterocycles. The first-order valence-corrected chi connectivity index (χ1v) is 5.18. The predicted molar refractivity (Wildman–Crippen MR) is 60.0 cm³/mol. The first-order valence-electron chi connectivity index (χ1n) is 3.95. The summed E-state index contributed by atoms with van der Waals surface area (Å²) in [5.74, 6) is 0. The second-order valence-corrected chi connectivity index (χ2v) is 4.32. The molecule has 0 saturated carbocycles. The van der Waals surface area contributed by atoms with E-state index in [1.54, 1.807) is 18.4 Å². The molecule has 0 atom stereocenters. The van der Waals surface area contributed by atoms with Crippen LogP contribution < -0.4 is 10.1 Å². The Hall–Kier alpha value is -0.680. The van der Waals surface area contributed by atoms with Crippen molar-refractivity contribution in [1.82, 2.24) is 9.88 Å². The SMILES string of the molecule is CNC(=S)/N=c1/sc(C)c(C)n1C. The van der Waals surface area contributed by atoms with Gasteiger partial charge in [-0.15, -0.1) is 11.3 Å². The van der Waals surface area contributed by atoms with Crippen LogP contribution in [0.1, 0.15) is 10.6 Å². The Labute approximate surface area is 87.1 Å². The lowest BCUT2D eigenvalue weighted by Gasteiger charge is -1.96. The van der Waals surface area contributed by atoms with E-state index in [2.05, 4.69) is 24.2 Å². The minimum atomic E-state index is 0.525.